The van der Waals surface area contributed by atoms with Gasteiger partial charge in [0.25, 0.3) is 0 Å². The van der Waals surface area contributed by atoms with E-state index < -0.39 is 0 Å². The number of hydrogen-bond donors (Lipinski definition) is 1. The molecule has 1 aromatic rings. The lowest BCUT2D eigenvalue weighted by Gasteiger charge is -2.11. The molecule has 0 aliphatic heterocycles. The molecule has 0 unspecified atom stereocenters. The molecule has 0 spiro atoms. The van der Waals surface area contributed by atoms with Gasteiger partial charge >= 0.3 is 7.48 Å². The SMILES string of the molecule is N=COB[C@@H](Cc1ccccc1)C(=O)CCl. The maximum Gasteiger partial charge on any atom is 0.352 e. The summed E-state index contributed by atoms with van der Waals surface area (Å²) in [5.74, 6) is -0.340. The van der Waals surface area contributed by atoms with Crippen LogP contribution < -0.4 is 0 Å². The maximum absolute atomic E-state index is 11.5. The minimum absolute atomic E-state index is 0.0150. The molecule has 16 heavy (non-hydrogen) atoms. The second-order valence-corrected chi connectivity index (χ2v) is 3.71. The Kier molecular flexibility index (Phi) is 5.64. The highest BCUT2D eigenvalue weighted by Gasteiger charge is 2.20. The highest BCUT2D eigenvalue weighted by molar-refractivity contribution is 6.43. The van der Waals surface area contributed by atoms with Gasteiger partial charge in [0.15, 0.2) is 0 Å². The van der Waals surface area contributed by atoms with E-state index >= 15 is 0 Å². The van der Waals surface area contributed by atoms with Gasteiger partial charge in [0.05, 0.1) is 5.88 Å². The molecule has 0 heterocycles. The monoisotopic (exact) mass is 237 g/mol. The third-order valence-electron chi connectivity index (χ3n) is 2.29. The number of Topliss-reactive ketones (excluding diaryl/α,β-unsaturated/α-hetero) is 1. The summed E-state index contributed by atoms with van der Waals surface area (Å²) in [6.07, 6.45) is 1.44. The number of rotatable bonds is 7. The normalized spacial score (nSPS) is 11.6. The van der Waals surface area contributed by atoms with Crippen LogP contribution in [0.15, 0.2) is 30.3 Å². The summed E-state index contributed by atoms with van der Waals surface area (Å²) < 4.78 is 4.85. The average molecular weight is 237 g/mol. The van der Waals surface area contributed by atoms with Crippen molar-refractivity contribution in [2.45, 2.75) is 12.2 Å². The van der Waals surface area contributed by atoms with E-state index in [1.807, 2.05) is 30.3 Å². The molecule has 1 atom stereocenters. The summed E-state index contributed by atoms with van der Waals surface area (Å²) in [5, 5.41) is 6.78. The smallest absolute Gasteiger partial charge is 0.352 e. The fraction of sp³-hybridized carbons (Fsp3) is 0.273. The topological polar surface area (TPSA) is 50.1 Å². The Hall–Kier alpha value is -1.29. The Morgan fingerprint density at radius 1 is 1.50 bits per heavy atom. The van der Waals surface area contributed by atoms with Gasteiger partial charge in [-0.15, -0.1) is 11.6 Å². The molecule has 84 valence electrons. The number of hydrogen-bond acceptors (Lipinski definition) is 3. The zero-order valence-electron chi connectivity index (χ0n) is 8.86. The lowest BCUT2D eigenvalue weighted by Crippen LogP contribution is -2.20. The minimum Gasteiger partial charge on any atom is -0.556 e. The van der Waals surface area contributed by atoms with Crippen LogP contribution in [-0.4, -0.2) is 25.5 Å². The van der Waals surface area contributed by atoms with Crippen molar-refractivity contribution in [3.8, 4) is 0 Å². The number of halogens is 1. The van der Waals surface area contributed by atoms with Crippen LogP contribution in [0.3, 0.4) is 0 Å². The molecule has 0 saturated heterocycles. The summed E-state index contributed by atoms with van der Waals surface area (Å²) in [6.45, 7) is 0. The molecular formula is C11H13BClNO2. The molecule has 0 radical (unpaired) electrons. The molecule has 0 aliphatic rings. The highest BCUT2D eigenvalue weighted by Crippen LogP contribution is 2.15. The van der Waals surface area contributed by atoms with Crippen LogP contribution in [-0.2, 0) is 15.9 Å². The first-order chi connectivity index (χ1) is 7.77. The minimum atomic E-state index is -0.276. The van der Waals surface area contributed by atoms with Crippen molar-refractivity contribution < 1.29 is 9.45 Å². The predicted octanol–water partition coefficient (Wildman–Crippen LogP) is 1.80. The number of benzene rings is 1. The average Bonchev–Trinajstić information content (AvgIpc) is 2.34. The van der Waals surface area contributed by atoms with Crippen LogP contribution in [0.5, 0.6) is 0 Å². The van der Waals surface area contributed by atoms with Crippen molar-refractivity contribution in [1.29, 1.82) is 5.41 Å². The van der Waals surface area contributed by atoms with Crippen molar-refractivity contribution in [3.63, 3.8) is 0 Å². The van der Waals surface area contributed by atoms with Crippen LogP contribution >= 0.6 is 11.6 Å². The molecular weight excluding hydrogens is 224 g/mol. The molecule has 1 rings (SSSR count). The van der Waals surface area contributed by atoms with Gasteiger partial charge in [0.1, 0.15) is 12.2 Å². The van der Waals surface area contributed by atoms with Gasteiger partial charge in [0.2, 0.25) is 0 Å². The Morgan fingerprint density at radius 3 is 2.75 bits per heavy atom. The van der Waals surface area contributed by atoms with Crippen LogP contribution in [0.2, 0.25) is 5.82 Å². The standard InChI is InChI=1S/C11H13BClNO2/c13-7-11(15)10(12-16-8-14)6-9-4-2-1-3-5-9/h1-5,8,10,12,14H,6-7H2/t10-/m0/s1. The van der Waals surface area contributed by atoms with Gasteiger partial charge in [-0.1, -0.05) is 30.3 Å². The summed E-state index contributed by atoms with van der Waals surface area (Å²) in [7, 11) is 0.212. The van der Waals surface area contributed by atoms with E-state index in [1.165, 1.54) is 0 Å². The molecule has 3 nitrogen and oxygen atoms in total. The molecule has 0 amide bonds. The largest absolute Gasteiger partial charge is 0.556 e. The molecule has 0 aromatic heterocycles. The van der Waals surface area contributed by atoms with E-state index in [0.29, 0.717) is 6.42 Å². The van der Waals surface area contributed by atoms with Gasteiger partial charge in [-0.2, -0.15) is 0 Å². The number of alkyl halides is 1. The van der Waals surface area contributed by atoms with E-state index in [4.69, 9.17) is 21.7 Å². The Balaban J connectivity index is 2.63. The van der Waals surface area contributed by atoms with Crippen LogP contribution in [0.25, 0.3) is 0 Å². The first-order valence-corrected chi connectivity index (χ1v) is 5.54. The molecule has 0 bridgehead atoms. The van der Waals surface area contributed by atoms with Crippen molar-refractivity contribution in [1.82, 2.24) is 0 Å². The molecule has 0 fully saturated rings. The van der Waals surface area contributed by atoms with Gasteiger partial charge in [-0.25, -0.2) is 0 Å². The van der Waals surface area contributed by atoms with Gasteiger partial charge in [0, 0.05) is 5.82 Å². The Morgan fingerprint density at radius 2 is 2.19 bits per heavy atom. The third kappa shape index (κ3) is 4.07. The van der Waals surface area contributed by atoms with Gasteiger partial charge < -0.3 is 4.65 Å². The van der Waals surface area contributed by atoms with E-state index in [2.05, 4.69) is 0 Å². The second-order valence-electron chi connectivity index (χ2n) is 3.44. The number of ketones is 1. The first kappa shape index (κ1) is 12.8. The lowest BCUT2D eigenvalue weighted by molar-refractivity contribution is -0.116. The van der Waals surface area contributed by atoms with Crippen LogP contribution in [0, 0.1) is 5.41 Å². The summed E-state index contributed by atoms with van der Waals surface area (Å²) in [5.41, 5.74) is 1.07. The van der Waals surface area contributed by atoms with E-state index in [1.54, 1.807) is 0 Å². The quantitative estimate of drug-likeness (QED) is 0.340. The van der Waals surface area contributed by atoms with Crippen LogP contribution in [0.1, 0.15) is 5.56 Å². The lowest BCUT2D eigenvalue weighted by atomic mass is 9.73. The Labute approximate surface area is 101 Å². The fourth-order valence-electron chi connectivity index (χ4n) is 1.44. The predicted molar refractivity (Wildman–Crippen MR) is 66.6 cm³/mol. The zero-order valence-corrected chi connectivity index (χ0v) is 9.61. The molecule has 0 saturated carbocycles. The van der Waals surface area contributed by atoms with Crippen molar-refractivity contribution in [2.75, 3.05) is 5.88 Å². The summed E-state index contributed by atoms with van der Waals surface area (Å²) in [4.78, 5) is 11.5. The molecule has 0 aliphatic carbocycles. The highest BCUT2D eigenvalue weighted by atomic mass is 35.5. The summed E-state index contributed by atoms with van der Waals surface area (Å²) >= 11 is 5.53. The fourth-order valence-corrected chi connectivity index (χ4v) is 1.66. The molecule has 1 N–H and O–H groups in total. The van der Waals surface area contributed by atoms with E-state index in [0.717, 1.165) is 12.0 Å². The van der Waals surface area contributed by atoms with Crippen molar-refractivity contribution in [2.24, 2.45) is 0 Å². The van der Waals surface area contributed by atoms with Crippen molar-refractivity contribution in [3.05, 3.63) is 35.9 Å². The van der Waals surface area contributed by atoms with Gasteiger partial charge in [-0.05, 0) is 12.0 Å². The van der Waals surface area contributed by atoms with Crippen LogP contribution in [0.4, 0.5) is 0 Å². The molecule has 1 aromatic carbocycles. The number of carbonyl (C=O) groups is 1. The third-order valence-corrected chi connectivity index (χ3v) is 2.56. The summed E-state index contributed by atoms with van der Waals surface area (Å²) in [6, 6.07) is 9.69. The first-order valence-electron chi connectivity index (χ1n) is 5.01. The Bertz CT molecular complexity index is 345. The maximum atomic E-state index is 11.5. The second kappa shape index (κ2) is 7.07. The number of nitrogens with one attached hydrogen (secondary N) is 1. The zero-order chi connectivity index (χ0) is 11.8. The molecule has 5 heteroatoms. The van der Waals surface area contributed by atoms with E-state index in [9.17, 15) is 4.79 Å². The van der Waals surface area contributed by atoms with Crippen molar-refractivity contribution >= 4 is 31.3 Å². The van der Waals surface area contributed by atoms with E-state index in [-0.39, 0.29) is 25.0 Å². The van der Waals surface area contributed by atoms with Gasteiger partial charge in [-0.3, -0.25) is 10.2 Å². The number of carbonyl (C=O) groups excluding carboxylic acids is 1.